The zero-order chi connectivity index (χ0) is 19.1. The summed E-state index contributed by atoms with van der Waals surface area (Å²) < 4.78 is 0. The van der Waals surface area contributed by atoms with Crippen molar-refractivity contribution in [1.29, 1.82) is 0 Å². The number of hydrogen-bond acceptors (Lipinski definition) is 3. The van der Waals surface area contributed by atoms with E-state index in [1.54, 1.807) is 18.0 Å². The van der Waals surface area contributed by atoms with Crippen molar-refractivity contribution >= 4 is 35.0 Å². The van der Waals surface area contributed by atoms with Gasteiger partial charge in [0.15, 0.2) is 0 Å². The molecule has 1 unspecified atom stereocenters. The number of fused-ring (bicyclic) bond motifs is 1. The van der Waals surface area contributed by atoms with E-state index < -0.39 is 0 Å². The second-order valence-electron chi connectivity index (χ2n) is 7.08. The maximum absolute atomic E-state index is 12.3. The van der Waals surface area contributed by atoms with E-state index in [0.717, 1.165) is 17.2 Å². The van der Waals surface area contributed by atoms with Gasteiger partial charge < -0.3 is 16.0 Å². The summed E-state index contributed by atoms with van der Waals surface area (Å²) in [6.45, 7) is 5.12. The van der Waals surface area contributed by atoms with Crippen molar-refractivity contribution < 1.29 is 9.59 Å². The molecule has 0 saturated carbocycles. The van der Waals surface area contributed by atoms with Crippen molar-refractivity contribution in [3.63, 3.8) is 0 Å². The molecule has 2 rings (SSSR count). The van der Waals surface area contributed by atoms with Crippen molar-refractivity contribution in [2.24, 2.45) is 11.7 Å². The van der Waals surface area contributed by atoms with Gasteiger partial charge in [-0.3, -0.25) is 9.59 Å². The summed E-state index contributed by atoms with van der Waals surface area (Å²) >= 11 is 0. The molecule has 0 radical (unpaired) electrons. The van der Waals surface area contributed by atoms with Gasteiger partial charge in [-0.05, 0) is 35.2 Å². The number of halogens is 1. The molecule has 1 atom stereocenters. The topological polar surface area (TPSA) is 75.4 Å². The third-order valence-corrected chi connectivity index (χ3v) is 4.72. The third kappa shape index (κ3) is 6.85. The smallest absolute Gasteiger partial charge is 0.251 e. The SMILES string of the molecule is CC(C)C(N)CCN(C)C(=O)CCNC(=O)c1ccc2ccccc2c1.Cl. The lowest BCUT2D eigenvalue weighted by Crippen LogP contribution is -2.36. The van der Waals surface area contributed by atoms with E-state index in [2.05, 4.69) is 19.2 Å². The van der Waals surface area contributed by atoms with Gasteiger partial charge in [-0.25, -0.2) is 0 Å². The van der Waals surface area contributed by atoms with Crippen LogP contribution in [0.2, 0.25) is 0 Å². The molecule has 2 amide bonds. The Hall–Kier alpha value is -2.11. The fourth-order valence-corrected chi connectivity index (χ4v) is 2.71. The maximum Gasteiger partial charge on any atom is 0.251 e. The van der Waals surface area contributed by atoms with Gasteiger partial charge in [0.05, 0.1) is 0 Å². The van der Waals surface area contributed by atoms with E-state index in [0.29, 0.717) is 24.6 Å². The number of benzene rings is 2. The molecule has 0 saturated heterocycles. The lowest BCUT2D eigenvalue weighted by Gasteiger charge is -2.21. The number of carbonyl (C=O) groups excluding carboxylic acids is 2. The molecule has 0 spiro atoms. The minimum Gasteiger partial charge on any atom is -0.352 e. The largest absolute Gasteiger partial charge is 0.352 e. The summed E-state index contributed by atoms with van der Waals surface area (Å²) in [5.41, 5.74) is 6.62. The lowest BCUT2D eigenvalue weighted by atomic mass is 10.0. The lowest BCUT2D eigenvalue weighted by molar-refractivity contribution is -0.129. The van der Waals surface area contributed by atoms with Crippen LogP contribution in [0.3, 0.4) is 0 Å². The standard InChI is InChI=1S/C21H29N3O2.ClH/c1-15(2)19(22)11-13-24(3)20(25)10-12-23-21(26)18-9-8-16-6-4-5-7-17(16)14-18;/h4-9,14-15,19H,10-13,22H2,1-3H3,(H,23,26);1H. The molecule has 2 aromatic rings. The van der Waals surface area contributed by atoms with E-state index >= 15 is 0 Å². The molecular formula is C21H30ClN3O2. The predicted octanol–water partition coefficient (Wildman–Crippen LogP) is 3.21. The first-order valence-corrected chi connectivity index (χ1v) is 9.15. The molecule has 0 bridgehead atoms. The first-order valence-electron chi connectivity index (χ1n) is 9.15. The minimum atomic E-state index is -0.159. The molecule has 0 aromatic heterocycles. The quantitative estimate of drug-likeness (QED) is 0.725. The van der Waals surface area contributed by atoms with Crippen molar-refractivity contribution in [2.45, 2.75) is 32.7 Å². The number of nitrogens with two attached hydrogens (primary N) is 1. The molecule has 0 aliphatic rings. The van der Waals surface area contributed by atoms with Crippen LogP contribution in [0.15, 0.2) is 42.5 Å². The second kappa shape index (κ2) is 10.9. The number of nitrogens with zero attached hydrogens (tertiary/aromatic N) is 1. The second-order valence-corrected chi connectivity index (χ2v) is 7.08. The van der Waals surface area contributed by atoms with E-state index in [4.69, 9.17) is 5.73 Å². The zero-order valence-corrected chi connectivity index (χ0v) is 17.1. The number of carbonyl (C=O) groups is 2. The molecule has 0 fully saturated rings. The molecule has 27 heavy (non-hydrogen) atoms. The number of rotatable bonds is 8. The first-order chi connectivity index (χ1) is 12.4. The summed E-state index contributed by atoms with van der Waals surface area (Å²) in [7, 11) is 1.78. The Bertz CT molecular complexity index is 764. The monoisotopic (exact) mass is 391 g/mol. The van der Waals surface area contributed by atoms with E-state index in [1.165, 1.54) is 0 Å². The average molecular weight is 392 g/mol. The van der Waals surface area contributed by atoms with Gasteiger partial charge in [-0.15, -0.1) is 12.4 Å². The molecule has 2 aromatic carbocycles. The molecular weight excluding hydrogens is 362 g/mol. The fourth-order valence-electron chi connectivity index (χ4n) is 2.71. The van der Waals surface area contributed by atoms with Crippen LogP contribution < -0.4 is 11.1 Å². The summed E-state index contributed by atoms with van der Waals surface area (Å²) in [6, 6.07) is 13.6. The Kier molecular flexibility index (Phi) is 9.26. The van der Waals surface area contributed by atoms with Crippen molar-refractivity contribution in [3.05, 3.63) is 48.0 Å². The van der Waals surface area contributed by atoms with Gasteiger partial charge in [0, 0.05) is 38.2 Å². The van der Waals surface area contributed by atoms with Crippen LogP contribution in [0, 0.1) is 5.92 Å². The van der Waals surface area contributed by atoms with E-state index in [-0.39, 0.29) is 36.7 Å². The van der Waals surface area contributed by atoms with Crippen LogP contribution >= 0.6 is 12.4 Å². The summed E-state index contributed by atoms with van der Waals surface area (Å²) in [6.07, 6.45) is 1.07. The Morgan fingerprint density at radius 3 is 2.44 bits per heavy atom. The summed E-state index contributed by atoms with van der Waals surface area (Å²) in [5.74, 6) is 0.257. The zero-order valence-electron chi connectivity index (χ0n) is 16.3. The number of hydrogen-bond donors (Lipinski definition) is 2. The highest BCUT2D eigenvalue weighted by molar-refractivity contribution is 5.98. The van der Waals surface area contributed by atoms with Crippen LogP contribution in [-0.2, 0) is 4.79 Å². The number of nitrogens with one attached hydrogen (secondary N) is 1. The van der Waals surface area contributed by atoms with Gasteiger partial charge >= 0.3 is 0 Å². The molecule has 0 heterocycles. The first kappa shape index (κ1) is 22.9. The summed E-state index contributed by atoms with van der Waals surface area (Å²) in [5, 5.41) is 4.94. The van der Waals surface area contributed by atoms with Gasteiger partial charge in [-0.1, -0.05) is 44.2 Å². The van der Waals surface area contributed by atoms with Crippen molar-refractivity contribution in [2.75, 3.05) is 20.1 Å². The van der Waals surface area contributed by atoms with Crippen LogP contribution in [0.1, 0.15) is 37.0 Å². The molecule has 148 valence electrons. The molecule has 0 aliphatic heterocycles. The Balaban J connectivity index is 0.00000364. The molecule has 3 N–H and O–H groups in total. The average Bonchev–Trinajstić information content (AvgIpc) is 2.64. The highest BCUT2D eigenvalue weighted by Crippen LogP contribution is 2.15. The molecule has 6 heteroatoms. The summed E-state index contributed by atoms with van der Waals surface area (Å²) in [4.78, 5) is 26.1. The Labute approximate surface area is 167 Å². The fraction of sp³-hybridized carbons (Fsp3) is 0.429. The Morgan fingerprint density at radius 2 is 1.78 bits per heavy atom. The van der Waals surface area contributed by atoms with E-state index in [9.17, 15) is 9.59 Å². The number of amides is 2. The highest BCUT2D eigenvalue weighted by Gasteiger charge is 2.13. The minimum absolute atomic E-state index is 0. The van der Waals surface area contributed by atoms with E-state index in [1.807, 2.05) is 36.4 Å². The van der Waals surface area contributed by atoms with Gasteiger partial charge in [0.25, 0.3) is 5.91 Å². The highest BCUT2D eigenvalue weighted by atomic mass is 35.5. The van der Waals surface area contributed by atoms with Crippen LogP contribution in [0.4, 0.5) is 0 Å². The Morgan fingerprint density at radius 1 is 1.11 bits per heavy atom. The molecule has 0 aliphatic carbocycles. The van der Waals surface area contributed by atoms with Crippen molar-refractivity contribution in [1.82, 2.24) is 10.2 Å². The van der Waals surface area contributed by atoms with Crippen LogP contribution in [-0.4, -0.2) is 42.9 Å². The van der Waals surface area contributed by atoms with Crippen LogP contribution in [0.25, 0.3) is 10.8 Å². The maximum atomic E-state index is 12.3. The van der Waals surface area contributed by atoms with Gasteiger partial charge in [-0.2, -0.15) is 0 Å². The normalized spacial score (nSPS) is 11.7. The van der Waals surface area contributed by atoms with Gasteiger partial charge in [0.1, 0.15) is 0 Å². The molecule has 5 nitrogen and oxygen atoms in total. The van der Waals surface area contributed by atoms with Crippen LogP contribution in [0.5, 0.6) is 0 Å². The van der Waals surface area contributed by atoms with Crippen molar-refractivity contribution in [3.8, 4) is 0 Å². The predicted molar refractivity (Wildman–Crippen MR) is 113 cm³/mol. The van der Waals surface area contributed by atoms with Gasteiger partial charge in [0.2, 0.25) is 5.91 Å². The third-order valence-electron chi connectivity index (χ3n) is 4.72.